The Kier molecular flexibility index (Phi) is 2.92. The van der Waals surface area contributed by atoms with Crippen LogP contribution in [-0.2, 0) is 11.2 Å². The van der Waals surface area contributed by atoms with E-state index >= 15 is 0 Å². The van der Waals surface area contributed by atoms with Crippen LogP contribution >= 0.6 is 0 Å². The first-order valence-electron chi connectivity index (χ1n) is 5.68. The molecule has 0 bridgehead atoms. The van der Waals surface area contributed by atoms with Gasteiger partial charge in [0.25, 0.3) is 5.91 Å². The molecule has 0 spiro atoms. The largest absolute Gasteiger partial charge is 0.469 e. The van der Waals surface area contributed by atoms with E-state index in [-0.39, 0.29) is 5.91 Å². The minimum absolute atomic E-state index is 0.271. The van der Waals surface area contributed by atoms with Crippen LogP contribution in [0.25, 0.3) is 0 Å². The van der Waals surface area contributed by atoms with Crippen LogP contribution in [0, 0.1) is 5.92 Å². The molecule has 0 aromatic carbocycles. The Morgan fingerprint density at radius 2 is 2.18 bits per heavy atom. The van der Waals surface area contributed by atoms with E-state index in [0.29, 0.717) is 24.5 Å². The number of hydrogen-bond acceptors (Lipinski definition) is 3. The number of urea groups is 1. The third-order valence-corrected chi connectivity index (χ3v) is 2.83. The van der Waals surface area contributed by atoms with Gasteiger partial charge < -0.3 is 9.73 Å². The highest BCUT2D eigenvalue weighted by Gasteiger charge is 2.46. The number of hydrogen-bond donors (Lipinski definition) is 2. The molecule has 1 fully saturated rings. The van der Waals surface area contributed by atoms with Crippen LogP contribution in [0.5, 0.6) is 0 Å². The molecule has 1 saturated heterocycles. The molecule has 2 rings (SSSR count). The minimum atomic E-state index is -0.872. The Balaban J connectivity index is 2.24. The Morgan fingerprint density at radius 3 is 2.65 bits per heavy atom. The van der Waals surface area contributed by atoms with Crippen molar-refractivity contribution >= 4 is 11.9 Å². The second kappa shape index (κ2) is 4.24. The molecule has 3 amide bonds. The number of imide groups is 1. The van der Waals surface area contributed by atoms with Gasteiger partial charge in [0.2, 0.25) is 0 Å². The van der Waals surface area contributed by atoms with Gasteiger partial charge in [-0.05, 0) is 24.5 Å². The molecule has 92 valence electrons. The zero-order valence-corrected chi connectivity index (χ0v) is 9.95. The van der Waals surface area contributed by atoms with E-state index in [2.05, 4.69) is 10.6 Å². The molecule has 0 aliphatic carbocycles. The summed E-state index contributed by atoms with van der Waals surface area (Å²) in [5.41, 5.74) is -0.872. The summed E-state index contributed by atoms with van der Waals surface area (Å²) in [6, 6.07) is 3.15. The third kappa shape index (κ3) is 2.33. The third-order valence-electron chi connectivity index (χ3n) is 2.83. The van der Waals surface area contributed by atoms with E-state index in [1.807, 2.05) is 13.8 Å². The summed E-state index contributed by atoms with van der Waals surface area (Å²) < 4.78 is 5.25. The first-order valence-corrected chi connectivity index (χ1v) is 5.68. The second-order valence-corrected chi connectivity index (χ2v) is 4.84. The van der Waals surface area contributed by atoms with Crippen LogP contribution < -0.4 is 10.6 Å². The highest BCUT2D eigenvalue weighted by Crippen LogP contribution is 2.25. The standard InChI is InChI=1S/C12H16N2O3/c1-8(2)6-12(7-9-4-3-5-17-9)10(15)13-11(16)14-12/h3-5,8H,6-7H2,1-2H3,(H2,13,14,15,16). The lowest BCUT2D eigenvalue weighted by molar-refractivity contribution is -0.124. The van der Waals surface area contributed by atoms with E-state index in [1.54, 1.807) is 18.4 Å². The molecule has 1 atom stereocenters. The van der Waals surface area contributed by atoms with Gasteiger partial charge in [0, 0.05) is 6.42 Å². The predicted molar refractivity (Wildman–Crippen MR) is 61.3 cm³/mol. The number of furan rings is 1. The van der Waals surface area contributed by atoms with Gasteiger partial charge in [-0.1, -0.05) is 13.8 Å². The molecular formula is C12H16N2O3. The van der Waals surface area contributed by atoms with Crippen molar-refractivity contribution in [3.63, 3.8) is 0 Å². The molecule has 17 heavy (non-hydrogen) atoms. The lowest BCUT2D eigenvalue weighted by atomic mass is 9.85. The SMILES string of the molecule is CC(C)CC1(Cc2ccco2)NC(=O)NC1=O. The van der Waals surface area contributed by atoms with Crippen molar-refractivity contribution in [1.82, 2.24) is 10.6 Å². The fraction of sp³-hybridized carbons (Fsp3) is 0.500. The van der Waals surface area contributed by atoms with Crippen LogP contribution in [-0.4, -0.2) is 17.5 Å². The summed E-state index contributed by atoms with van der Waals surface area (Å²) in [6.07, 6.45) is 2.54. The van der Waals surface area contributed by atoms with E-state index in [4.69, 9.17) is 4.42 Å². The van der Waals surface area contributed by atoms with Crippen LogP contribution in [0.2, 0.25) is 0 Å². The van der Waals surface area contributed by atoms with Gasteiger partial charge in [0.05, 0.1) is 6.26 Å². The quantitative estimate of drug-likeness (QED) is 0.777. The summed E-state index contributed by atoms with van der Waals surface area (Å²) in [5, 5.41) is 5.02. The average molecular weight is 236 g/mol. The first-order chi connectivity index (χ1) is 8.02. The molecular weight excluding hydrogens is 220 g/mol. The molecule has 1 aliphatic heterocycles. The molecule has 5 nitrogen and oxygen atoms in total. The summed E-state index contributed by atoms with van der Waals surface area (Å²) in [6.45, 7) is 4.03. The van der Waals surface area contributed by atoms with Gasteiger partial charge in [0.15, 0.2) is 0 Å². The van der Waals surface area contributed by atoms with Crippen molar-refractivity contribution in [3.8, 4) is 0 Å². The smallest absolute Gasteiger partial charge is 0.322 e. The summed E-state index contributed by atoms with van der Waals surface area (Å²) in [4.78, 5) is 23.2. The van der Waals surface area contributed by atoms with Gasteiger partial charge in [-0.3, -0.25) is 10.1 Å². The molecule has 1 aromatic heterocycles. The fourth-order valence-electron chi connectivity index (χ4n) is 2.28. The lowest BCUT2D eigenvalue weighted by Gasteiger charge is -2.26. The monoisotopic (exact) mass is 236 g/mol. The maximum absolute atomic E-state index is 11.9. The summed E-state index contributed by atoms with van der Waals surface area (Å²) >= 11 is 0. The lowest BCUT2D eigenvalue weighted by Crippen LogP contribution is -2.49. The molecule has 5 heteroatoms. The number of nitrogens with one attached hydrogen (secondary N) is 2. The van der Waals surface area contributed by atoms with Crippen molar-refractivity contribution in [1.29, 1.82) is 0 Å². The van der Waals surface area contributed by atoms with Crippen molar-refractivity contribution in [3.05, 3.63) is 24.2 Å². The number of carbonyl (C=O) groups excluding carboxylic acids is 2. The average Bonchev–Trinajstić information content (AvgIpc) is 2.76. The minimum Gasteiger partial charge on any atom is -0.469 e. The Morgan fingerprint density at radius 1 is 1.41 bits per heavy atom. The molecule has 2 heterocycles. The maximum Gasteiger partial charge on any atom is 0.322 e. The Bertz CT molecular complexity index is 425. The number of rotatable bonds is 4. The van der Waals surface area contributed by atoms with E-state index < -0.39 is 11.6 Å². The molecule has 0 radical (unpaired) electrons. The summed E-state index contributed by atoms with van der Waals surface area (Å²) in [5.74, 6) is 0.727. The topological polar surface area (TPSA) is 71.3 Å². The van der Waals surface area contributed by atoms with Crippen molar-refractivity contribution < 1.29 is 14.0 Å². The second-order valence-electron chi connectivity index (χ2n) is 4.84. The molecule has 2 N–H and O–H groups in total. The van der Waals surface area contributed by atoms with Crippen LogP contribution in [0.1, 0.15) is 26.0 Å². The predicted octanol–water partition coefficient (Wildman–Crippen LogP) is 1.45. The highest BCUT2D eigenvalue weighted by molar-refractivity contribution is 6.07. The van der Waals surface area contributed by atoms with Crippen molar-refractivity contribution in [2.24, 2.45) is 5.92 Å². The highest BCUT2D eigenvalue weighted by atomic mass is 16.3. The molecule has 1 aliphatic rings. The first kappa shape index (κ1) is 11.7. The number of carbonyl (C=O) groups is 2. The van der Waals surface area contributed by atoms with Crippen molar-refractivity contribution in [2.75, 3.05) is 0 Å². The molecule has 1 aromatic rings. The molecule has 1 unspecified atom stereocenters. The number of amides is 3. The fourth-order valence-corrected chi connectivity index (χ4v) is 2.28. The van der Waals surface area contributed by atoms with Crippen molar-refractivity contribution in [2.45, 2.75) is 32.2 Å². The maximum atomic E-state index is 11.9. The normalized spacial score (nSPS) is 23.9. The van der Waals surface area contributed by atoms with Gasteiger partial charge in [-0.25, -0.2) is 4.79 Å². The Labute approximate surface area is 99.6 Å². The van der Waals surface area contributed by atoms with Gasteiger partial charge >= 0.3 is 6.03 Å². The van der Waals surface area contributed by atoms with Gasteiger partial charge in [-0.2, -0.15) is 0 Å². The van der Waals surface area contributed by atoms with E-state index in [9.17, 15) is 9.59 Å². The van der Waals surface area contributed by atoms with Crippen LogP contribution in [0.15, 0.2) is 22.8 Å². The van der Waals surface area contributed by atoms with Gasteiger partial charge in [0.1, 0.15) is 11.3 Å². The van der Waals surface area contributed by atoms with Crippen LogP contribution in [0.4, 0.5) is 4.79 Å². The van der Waals surface area contributed by atoms with Gasteiger partial charge in [-0.15, -0.1) is 0 Å². The Hall–Kier alpha value is -1.78. The van der Waals surface area contributed by atoms with Crippen LogP contribution in [0.3, 0.4) is 0 Å². The van der Waals surface area contributed by atoms with E-state index in [0.717, 1.165) is 0 Å². The van der Waals surface area contributed by atoms with E-state index in [1.165, 1.54) is 0 Å². The zero-order valence-electron chi connectivity index (χ0n) is 9.95. The zero-order chi connectivity index (χ0) is 12.5. The summed E-state index contributed by atoms with van der Waals surface area (Å²) in [7, 11) is 0. The molecule has 0 saturated carbocycles.